The second-order valence-corrected chi connectivity index (χ2v) is 4.30. The second-order valence-electron chi connectivity index (χ2n) is 3.89. The van der Waals surface area contributed by atoms with Crippen LogP contribution >= 0.6 is 11.6 Å². The van der Waals surface area contributed by atoms with Crippen molar-refractivity contribution in [1.82, 2.24) is 0 Å². The molecule has 0 N–H and O–H groups in total. The number of carbonyl (C=O) groups excluding carboxylic acids is 1. The van der Waals surface area contributed by atoms with Crippen molar-refractivity contribution in [2.24, 2.45) is 0 Å². The van der Waals surface area contributed by atoms with Crippen LogP contribution in [0.5, 0.6) is 5.75 Å². The van der Waals surface area contributed by atoms with Crippen molar-refractivity contribution >= 4 is 17.6 Å². The number of alkyl halides is 3. The van der Waals surface area contributed by atoms with Crippen LogP contribution in [0.1, 0.15) is 15.9 Å². The van der Waals surface area contributed by atoms with Crippen LogP contribution in [0.4, 0.5) is 13.2 Å². The average Bonchev–Trinajstić information content (AvgIpc) is 2.39. The lowest BCUT2D eigenvalue weighted by Crippen LogP contribution is -2.12. The first-order chi connectivity index (χ1) is 9.38. The largest absolute Gasteiger partial charge is 0.423 e. The van der Waals surface area contributed by atoms with Gasteiger partial charge < -0.3 is 4.74 Å². The number of rotatable bonds is 2. The van der Waals surface area contributed by atoms with E-state index in [4.69, 9.17) is 16.3 Å². The predicted octanol–water partition coefficient (Wildman–Crippen LogP) is 4.58. The summed E-state index contributed by atoms with van der Waals surface area (Å²) in [6, 6.07) is 10.5. The molecule has 0 amide bonds. The Balaban J connectivity index is 2.30. The number of benzene rings is 2. The zero-order valence-corrected chi connectivity index (χ0v) is 10.7. The molecular weight excluding hydrogens is 293 g/mol. The van der Waals surface area contributed by atoms with Gasteiger partial charge in [0.2, 0.25) is 0 Å². The molecule has 20 heavy (non-hydrogen) atoms. The molecule has 0 bridgehead atoms. The fraction of sp³-hybridized carbons (Fsp3) is 0.0714. The first kappa shape index (κ1) is 14.4. The van der Waals surface area contributed by atoms with E-state index in [0.717, 1.165) is 12.1 Å². The van der Waals surface area contributed by atoms with Crippen LogP contribution in [0.2, 0.25) is 5.02 Å². The molecule has 0 saturated heterocycles. The van der Waals surface area contributed by atoms with E-state index in [-0.39, 0.29) is 16.3 Å². The van der Waals surface area contributed by atoms with Gasteiger partial charge in [-0.25, -0.2) is 4.79 Å². The summed E-state index contributed by atoms with van der Waals surface area (Å²) in [7, 11) is 0. The van der Waals surface area contributed by atoms with E-state index in [9.17, 15) is 18.0 Å². The standard InChI is InChI=1S/C14H8ClF3O2/c15-12-7-6-9(14(16,17)18)8-11(12)13(19)20-10-4-2-1-3-5-10/h1-8H. The lowest BCUT2D eigenvalue weighted by Gasteiger charge is -2.10. The summed E-state index contributed by atoms with van der Waals surface area (Å²) in [5.74, 6) is -0.710. The molecule has 0 aliphatic heterocycles. The van der Waals surface area contributed by atoms with Gasteiger partial charge in [0.25, 0.3) is 0 Å². The molecule has 0 spiro atoms. The fourth-order valence-electron chi connectivity index (χ4n) is 1.51. The van der Waals surface area contributed by atoms with E-state index in [0.29, 0.717) is 6.07 Å². The Hall–Kier alpha value is -2.01. The van der Waals surface area contributed by atoms with Crippen molar-refractivity contribution in [2.75, 3.05) is 0 Å². The summed E-state index contributed by atoms with van der Waals surface area (Å²) in [5, 5.41) is -0.0982. The Morgan fingerprint density at radius 1 is 1.05 bits per heavy atom. The minimum absolute atomic E-state index is 0.0982. The molecular formula is C14H8ClF3O2. The molecule has 6 heteroatoms. The van der Waals surface area contributed by atoms with E-state index in [1.165, 1.54) is 12.1 Å². The summed E-state index contributed by atoms with van der Waals surface area (Å²) in [6.45, 7) is 0. The molecule has 0 saturated carbocycles. The number of hydrogen-bond acceptors (Lipinski definition) is 2. The molecule has 0 aliphatic carbocycles. The van der Waals surface area contributed by atoms with Crippen molar-refractivity contribution in [3.63, 3.8) is 0 Å². The molecule has 2 nitrogen and oxygen atoms in total. The highest BCUT2D eigenvalue weighted by atomic mass is 35.5. The third-order valence-electron chi connectivity index (χ3n) is 2.47. The summed E-state index contributed by atoms with van der Waals surface area (Å²) in [6.07, 6.45) is -4.55. The Bertz CT molecular complexity index is 624. The van der Waals surface area contributed by atoms with E-state index < -0.39 is 17.7 Å². The highest BCUT2D eigenvalue weighted by Gasteiger charge is 2.31. The molecule has 104 valence electrons. The number of hydrogen-bond donors (Lipinski definition) is 0. The van der Waals surface area contributed by atoms with Crippen LogP contribution in [0, 0.1) is 0 Å². The Morgan fingerprint density at radius 2 is 1.70 bits per heavy atom. The van der Waals surface area contributed by atoms with E-state index in [2.05, 4.69) is 0 Å². The Kier molecular flexibility index (Phi) is 3.99. The topological polar surface area (TPSA) is 26.3 Å². The molecule has 0 heterocycles. The zero-order chi connectivity index (χ0) is 14.8. The van der Waals surface area contributed by atoms with Crippen LogP contribution in [-0.2, 0) is 6.18 Å². The molecule has 2 aromatic rings. The highest BCUT2D eigenvalue weighted by Crippen LogP contribution is 2.32. The maximum atomic E-state index is 12.6. The van der Waals surface area contributed by atoms with Gasteiger partial charge in [0.1, 0.15) is 5.75 Å². The number of esters is 1. The van der Waals surface area contributed by atoms with Gasteiger partial charge in [-0.15, -0.1) is 0 Å². The summed E-state index contributed by atoms with van der Waals surface area (Å²) in [5.41, 5.74) is -1.28. The predicted molar refractivity (Wildman–Crippen MR) is 67.9 cm³/mol. The first-order valence-electron chi connectivity index (χ1n) is 5.52. The maximum absolute atomic E-state index is 12.6. The minimum atomic E-state index is -4.55. The molecule has 0 aliphatic rings. The lowest BCUT2D eigenvalue weighted by atomic mass is 10.1. The lowest BCUT2D eigenvalue weighted by molar-refractivity contribution is -0.137. The van der Waals surface area contributed by atoms with Gasteiger partial charge in [0.05, 0.1) is 16.1 Å². The smallest absolute Gasteiger partial charge is 0.416 e. The molecule has 0 aromatic heterocycles. The Labute approximate surface area is 117 Å². The van der Waals surface area contributed by atoms with Gasteiger partial charge >= 0.3 is 12.1 Å². The SMILES string of the molecule is O=C(Oc1ccccc1)c1cc(C(F)(F)F)ccc1Cl. The molecule has 2 aromatic carbocycles. The summed E-state index contributed by atoms with van der Waals surface area (Å²) >= 11 is 5.74. The van der Waals surface area contributed by atoms with E-state index in [1.807, 2.05) is 0 Å². The van der Waals surface area contributed by atoms with Crippen LogP contribution in [0.15, 0.2) is 48.5 Å². The van der Waals surface area contributed by atoms with Gasteiger partial charge in [0.15, 0.2) is 0 Å². The number of ether oxygens (including phenoxy) is 1. The zero-order valence-electron chi connectivity index (χ0n) is 9.95. The van der Waals surface area contributed by atoms with Crippen LogP contribution < -0.4 is 4.74 Å². The van der Waals surface area contributed by atoms with Crippen LogP contribution in [0.25, 0.3) is 0 Å². The minimum Gasteiger partial charge on any atom is -0.423 e. The summed E-state index contributed by atoms with van der Waals surface area (Å²) < 4.78 is 42.7. The van der Waals surface area contributed by atoms with Gasteiger partial charge in [0, 0.05) is 0 Å². The van der Waals surface area contributed by atoms with E-state index in [1.54, 1.807) is 18.2 Å². The Morgan fingerprint density at radius 3 is 2.30 bits per heavy atom. The normalized spacial score (nSPS) is 11.2. The van der Waals surface area contributed by atoms with Crippen molar-refractivity contribution in [2.45, 2.75) is 6.18 Å². The molecule has 2 rings (SSSR count). The number of carbonyl (C=O) groups is 1. The maximum Gasteiger partial charge on any atom is 0.416 e. The van der Waals surface area contributed by atoms with Crippen LogP contribution in [0.3, 0.4) is 0 Å². The van der Waals surface area contributed by atoms with Crippen molar-refractivity contribution in [3.05, 3.63) is 64.7 Å². The highest BCUT2D eigenvalue weighted by molar-refractivity contribution is 6.33. The number of para-hydroxylation sites is 1. The third kappa shape index (κ3) is 3.30. The number of halogens is 4. The second kappa shape index (κ2) is 5.54. The average molecular weight is 301 g/mol. The fourth-order valence-corrected chi connectivity index (χ4v) is 1.70. The van der Waals surface area contributed by atoms with Crippen molar-refractivity contribution in [3.8, 4) is 5.75 Å². The van der Waals surface area contributed by atoms with Gasteiger partial charge in [-0.1, -0.05) is 29.8 Å². The van der Waals surface area contributed by atoms with E-state index >= 15 is 0 Å². The first-order valence-corrected chi connectivity index (χ1v) is 5.89. The van der Waals surface area contributed by atoms with Gasteiger partial charge in [-0.05, 0) is 30.3 Å². The summed E-state index contributed by atoms with van der Waals surface area (Å²) in [4.78, 5) is 11.8. The monoisotopic (exact) mass is 300 g/mol. The van der Waals surface area contributed by atoms with Gasteiger partial charge in [-0.3, -0.25) is 0 Å². The molecule has 0 fully saturated rings. The van der Waals surface area contributed by atoms with Crippen molar-refractivity contribution in [1.29, 1.82) is 0 Å². The molecule has 0 atom stereocenters. The molecule has 0 unspecified atom stereocenters. The third-order valence-corrected chi connectivity index (χ3v) is 2.80. The van der Waals surface area contributed by atoms with Gasteiger partial charge in [-0.2, -0.15) is 13.2 Å². The van der Waals surface area contributed by atoms with Crippen LogP contribution in [-0.4, -0.2) is 5.97 Å². The van der Waals surface area contributed by atoms with Crippen molar-refractivity contribution < 1.29 is 22.7 Å². The quantitative estimate of drug-likeness (QED) is 0.599. The molecule has 0 radical (unpaired) electrons.